The number of oxime groups is 1. The Morgan fingerprint density at radius 2 is 2.12 bits per heavy atom. The van der Waals surface area contributed by atoms with Crippen LogP contribution in [0.5, 0.6) is 0 Å². The number of nitriles is 1. The summed E-state index contributed by atoms with van der Waals surface area (Å²) in [4.78, 5) is 5.12. The van der Waals surface area contributed by atoms with E-state index < -0.39 is 6.10 Å². The van der Waals surface area contributed by atoms with Gasteiger partial charge in [-0.3, -0.25) is 0 Å². The summed E-state index contributed by atoms with van der Waals surface area (Å²) in [5, 5.41) is 21.8. The van der Waals surface area contributed by atoms with E-state index in [1.807, 2.05) is 12.1 Å². The molecule has 1 aliphatic rings. The van der Waals surface area contributed by atoms with Gasteiger partial charge in [-0.25, -0.2) is 0 Å². The monoisotopic (exact) mass is 250 g/mol. The Kier molecular flexibility index (Phi) is 3.62. The number of rotatable bonds is 3. The Bertz CT molecular complexity index is 464. The fraction of sp³-hybridized carbons (Fsp3) is 0.333. The van der Waals surface area contributed by atoms with Crippen LogP contribution in [0.1, 0.15) is 17.0 Å². The van der Waals surface area contributed by atoms with Crippen LogP contribution in [-0.4, -0.2) is 29.4 Å². The highest BCUT2D eigenvalue weighted by Crippen LogP contribution is 2.29. The molecule has 0 aromatic heterocycles. The van der Waals surface area contributed by atoms with Crippen LogP contribution in [-0.2, 0) is 4.84 Å². The van der Waals surface area contributed by atoms with Crippen LogP contribution in [0.3, 0.4) is 0 Å². The van der Waals surface area contributed by atoms with E-state index in [1.54, 1.807) is 12.1 Å². The SMILES string of the molecule is N#Cc1ccc(C2C(CCl)=NOC2CO)cc1. The molecular weight excluding hydrogens is 240 g/mol. The van der Waals surface area contributed by atoms with E-state index in [9.17, 15) is 5.11 Å². The summed E-state index contributed by atoms with van der Waals surface area (Å²) < 4.78 is 0. The molecule has 1 aromatic carbocycles. The van der Waals surface area contributed by atoms with Crippen LogP contribution < -0.4 is 0 Å². The van der Waals surface area contributed by atoms with Crippen molar-refractivity contribution in [3.8, 4) is 6.07 Å². The molecule has 5 heteroatoms. The molecule has 2 atom stereocenters. The van der Waals surface area contributed by atoms with Crippen LogP contribution >= 0.6 is 11.6 Å². The third-order valence-corrected chi connectivity index (χ3v) is 3.03. The quantitative estimate of drug-likeness (QED) is 0.829. The van der Waals surface area contributed by atoms with Crippen LogP contribution in [0.15, 0.2) is 29.4 Å². The van der Waals surface area contributed by atoms with E-state index >= 15 is 0 Å². The van der Waals surface area contributed by atoms with E-state index in [-0.39, 0.29) is 18.4 Å². The molecule has 0 amide bonds. The van der Waals surface area contributed by atoms with Crippen LogP contribution in [0.25, 0.3) is 0 Å². The number of alkyl halides is 1. The van der Waals surface area contributed by atoms with Crippen molar-refractivity contribution in [3.63, 3.8) is 0 Å². The fourth-order valence-corrected chi connectivity index (χ4v) is 2.10. The third-order valence-electron chi connectivity index (χ3n) is 2.75. The topological polar surface area (TPSA) is 65.6 Å². The predicted octanol–water partition coefficient (Wildman–Crippen LogP) is 1.63. The number of aliphatic hydroxyl groups is 1. The van der Waals surface area contributed by atoms with Gasteiger partial charge in [0, 0.05) is 0 Å². The molecule has 1 aliphatic heterocycles. The lowest BCUT2D eigenvalue weighted by Gasteiger charge is -2.16. The van der Waals surface area contributed by atoms with Crippen molar-refractivity contribution < 1.29 is 9.94 Å². The number of aliphatic hydroxyl groups excluding tert-OH is 1. The normalized spacial score (nSPS) is 22.8. The number of hydrogen-bond acceptors (Lipinski definition) is 4. The van der Waals surface area contributed by atoms with Crippen molar-refractivity contribution in [1.82, 2.24) is 0 Å². The van der Waals surface area contributed by atoms with Gasteiger partial charge in [-0.1, -0.05) is 17.3 Å². The van der Waals surface area contributed by atoms with Gasteiger partial charge >= 0.3 is 0 Å². The van der Waals surface area contributed by atoms with Crippen molar-refractivity contribution in [1.29, 1.82) is 5.26 Å². The Morgan fingerprint density at radius 3 is 2.65 bits per heavy atom. The number of hydrogen-bond donors (Lipinski definition) is 1. The van der Waals surface area contributed by atoms with Crippen molar-refractivity contribution in [2.75, 3.05) is 12.5 Å². The minimum atomic E-state index is -0.392. The van der Waals surface area contributed by atoms with Gasteiger partial charge in [0.15, 0.2) is 6.10 Å². The zero-order chi connectivity index (χ0) is 12.3. The molecule has 17 heavy (non-hydrogen) atoms. The van der Waals surface area contributed by atoms with Crippen LogP contribution in [0.2, 0.25) is 0 Å². The Balaban J connectivity index is 2.29. The van der Waals surface area contributed by atoms with E-state index in [0.29, 0.717) is 11.3 Å². The lowest BCUT2D eigenvalue weighted by atomic mass is 9.90. The van der Waals surface area contributed by atoms with Gasteiger partial charge in [0.1, 0.15) is 0 Å². The zero-order valence-electron chi connectivity index (χ0n) is 9.01. The summed E-state index contributed by atoms with van der Waals surface area (Å²) in [5.41, 5.74) is 2.24. The second kappa shape index (κ2) is 5.17. The average molecular weight is 251 g/mol. The molecule has 1 N–H and O–H groups in total. The highest BCUT2D eigenvalue weighted by molar-refractivity contribution is 6.29. The second-order valence-electron chi connectivity index (χ2n) is 3.75. The van der Waals surface area contributed by atoms with E-state index in [1.165, 1.54) is 0 Å². The molecule has 4 nitrogen and oxygen atoms in total. The number of benzene rings is 1. The van der Waals surface area contributed by atoms with Crippen molar-refractivity contribution >= 4 is 17.3 Å². The molecule has 0 saturated heterocycles. The van der Waals surface area contributed by atoms with Gasteiger partial charge in [-0.2, -0.15) is 5.26 Å². The lowest BCUT2D eigenvalue weighted by molar-refractivity contribution is 0.0307. The molecule has 0 fully saturated rings. The Hall–Kier alpha value is -1.57. The molecule has 88 valence electrons. The van der Waals surface area contributed by atoms with Gasteiger partial charge in [0.25, 0.3) is 0 Å². The summed E-state index contributed by atoms with van der Waals surface area (Å²) in [6.07, 6.45) is -0.392. The number of nitrogens with zero attached hydrogens (tertiary/aromatic N) is 2. The summed E-state index contributed by atoms with van der Waals surface area (Å²) in [7, 11) is 0. The largest absolute Gasteiger partial charge is 0.392 e. The standard InChI is InChI=1S/C12H11ClN2O2/c13-5-10-12(11(7-16)17-15-10)9-3-1-8(6-14)2-4-9/h1-4,11-12,16H,5,7H2. The maximum Gasteiger partial charge on any atom is 0.162 e. The first kappa shape index (κ1) is 11.9. The molecule has 0 aliphatic carbocycles. The molecule has 2 unspecified atom stereocenters. The Labute approximate surface area is 104 Å². The molecule has 1 heterocycles. The van der Waals surface area contributed by atoms with Crippen molar-refractivity contribution in [2.24, 2.45) is 5.16 Å². The molecule has 0 saturated carbocycles. The minimum Gasteiger partial charge on any atom is -0.392 e. The van der Waals surface area contributed by atoms with Gasteiger partial charge in [0.2, 0.25) is 0 Å². The third kappa shape index (κ3) is 2.26. The van der Waals surface area contributed by atoms with E-state index in [4.69, 9.17) is 21.7 Å². The minimum absolute atomic E-state index is 0.117. The molecule has 0 radical (unpaired) electrons. The second-order valence-corrected chi connectivity index (χ2v) is 4.02. The first-order chi connectivity index (χ1) is 8.30. The van der Waals surface area contributed by atoms with Gasteiger partial charge in [-0.05, 0) is 17.7 Å². The van der Waals surface area contributed by atoms with E-state index in [0.717, 1.165) is 5.56 Å². The highest BCUT2D eigenvalue weighted by Gasteiger charge is 2.34. The maximum atomic E-state index is 9.22. The zero-order valence-corrected chi connectivity index (χ0v) is 9.76. The molecule has 0 spiro atoms. The molecule has 2 rings (SSSR count). The van der Waals surface area contributed by atoms with Gasteiger partial charge in [0.05, 0.1) is 35.7 Å². The first-order valence-corrected chi connectivity index (χ1v) is 5.73. The summed E-state index contributed by atoms with van der Waals surface area (Å²) in [6, 6.07) is 9.19. The smallest absolute Gasteiger partial charge is 0.162 e. The average Bonchev–Trinajstić information content (AvgIpc) is 2.81. The summed E-state index contributed by atoms with van der Waals surface area (Å²) >= 11 is 5.79. The molecule has 1 aromatic rings. The van der Waals surface area contributed by atoms with Crippen molar-refractivity contribution in [3.05, 3.63) is 35.4 Å². The summed E-state index contributed by atoms with van der Waals surface area (Å²) in [6.45, 7) is -0.117. The lowest BCUT2D eigenvalue weighted by Crippen LogP contribution is -2.25. The first-order valence-electron chi connectivity index (χ1n) is 5.19. The molecular formula is C12H11ClN2O2. The predicted molar refractivity (Wildman–Crippen MR) is 64.0 cm³/mol. The van der Waals surface area contributed by atoms with E-state index in [2.05, 4.69) is 11.2 Å². The van der Waals surface area contributed by atoms with Crippen LogP contribution in [0.4, 0.5) is 0 Å². The Morgan fingerprint density at radius 1 is 1.41 bits per heavy atom. The van der Waals surface area contributed by atoms with Gasteiger partial charge < -0.3 is 9.94 Å². The highest BCUT2D eigenvalue weighted by atomic mass is 35.5. The summed E-state index contributed by atoms with van der Waals surface area (Å²) in [5.74, 6) is 0.131. The fourth-order valence-electron chi connectivity index (χ4n) is 1.89. The number of halogens is 1. The van der Waals surface area contributed by atoms with Gasteiger partial charge in [-0.15, -0.1) is 11.6 Å². The van der Waals surface area contributed by atoms with Crippen molar-refractivity contribution in [2.45, 2.75) is 12.0 Å². The maximum absolute atomic E-state index is 9.22. The molecule has 0 bridgehead atoms. The van der Waals surface area contributed by atoms with Crippen LogP contribution in [0, 0.1) is 11.3 Å².